The van der Waals surface area contributed by atoms with Gasteiger partial charge in [0.15, 0.2) is 0 Å². The van der Waals surface area contributed by atoms with E-state index in [1.807, 2.05) is 22.4 Å². The van der Waals surface area contributed by atoms with Crippen LogP contribution in [0.4, 0.5) is 9.80 Å². The number of carbonyl (C=O) groups excluding carboxylic acids is 1. The molecule has 1 aromatic rings. The summed E-state index contributed by atoms with van der Waals surface area (Å²) in [6.45, 7) is 4.08. The van der Waals surface area contributed by atoms with Gasteiger partial charge in [-0.2, -0.15) is 0 Å². The van der Waals surface area contributed by atoms with Crippen LogP contribution in [0.15, 0.2) is 17.5 Å². The van der Waals surface area contributed by atoms with Gasteiger partial charge in [-0.1, -0.05) is 0 Å². The highest BCUT2D eigenvalue weighted by Crippen LogP contribution is 2.30. The molecule has 17 heavy (non-hydrogen) atoms. The number of nitrogens with zero attached hydrogens (tertiary/aromatic N) is 2. The second-order valence-electron chi connectivity index (χ2n) is 5.05. The van der Waals surface area contributed by atoms with Crippen molar-refractivity contribution in [2.45, 2.75) is 0 Å². The Balaban J connectivity index is 1.58. The van der Waals surface area contributed by atoms with E-state index in [4.69, 9.17) is 0 Å². The molecule has 2 atom stereocenters. The third-order valence-corrected chi connectivity index (χ3v) is 4.49. The topological polar surface area (TPSA) is 35.6 Å². The lowest BCUT2D eigenvalue weighted by atomic mass is 10.0. The summed E-state index contributed by atoms with van der Waals surface area (Å²) in [7, 11) is 2.16. The van der Waals surface area contributed by atoms with Gasteiger partial charge < -0.3 is 9.80 Å². The van der Waals surface area contributed by atoms with Gasteiger partial charge in [-0.05, 0) is 36.4 Å². The van der Waals surface area contributed by atoms with Gasteiger partial charge in [-0.25, -0.2) is 4.79 Å². The van der Waals surface area contributed by atoms with Crippen molar-refractivity contribution in [1.29, 1.82) is 0 Å². The van der Waals surface area contributed by atoms with Gasteiger partial charge in [-0.3, -0.25) is 5.32 Å². The molecule has 2 fully saturated rings. The number of nitrogens with one attached hydrogen (secondary N) is 1. The van der Waals surface area contributed by atoms with E-state index in [1.54, 1.807) is 11.3 Å². The quantitative estimate of drug-likeness (QED) is 0.825. The zero-order valence-electron chi connectivity index (χ0n) is 9.93. The van der Waals surface area contributed by atoms with Crippen molar-refractivity contribution in [3.05, 3.63) is 17.5 Å². The maximum absolute atomic E-state index is 12.0. The summed E-state index contributed by atoms with van der Waals surface area (Å²) in [5.41, 5.74) is 0. The number of hydrogen-bond acceptors (Lipinski definition) is 3. The molecule has 0 radical (unpaired) electrons. The number of urea groups is 1. The van der Waals surface area contributed by atoms with Gasteiger partial charge in [0.05, 0.1) is 5.00 Å². The second-order valence-corrected chi connectivity index (χ2v) is 6.00. The predicted octanol–water partition coefficient (Wildman–Crippen LogP) is 1.77. The van der Waals surface area contributed by atoms with E-state index >= 15 is 0 Å². The van der Waals surface area contributed by atoms with Crippen molar-refractivity contribution in [1.82, 2.24) is 9.80 Å². The van der Waals surface area contributed by atoms with Crippen molar-refractivity contribution in [3.63, 3.8) is 0 Å². The first-order valence-electron chi connectivity index (χ1n) is 6.00. The molecule has 1 N–H and O–H groups in total. The maximum atomic E-state index is 12.0. The van der Waals surface area contributed by atoms with Gasteiger partial charge in [-0.15, -0.1) is 11.3 Å². The summed E-state index contributed by atoms with van der Waals surface area (Å²) in [5, 5.41) is 5.87. The van der Waals surface area contributed by atoms with Crippen molar-refractivity contribution in [3.8, 4) is 0 Å². The molecule has 3 rings (SSSR count). The average molecular weight is 251 g/mol. The van der Waals surface area contributed by atoms with Gasteiger partial charge in [0.1, 0.15) is 0 Å². The lowest BCUT2D eigenvalue weighted by molar-refractivity contribution is 0.215. The fourth-order valence-electron chi connectivity index (χ4n) is 2.93. The summed E-state index contributed by atoms with van der Waals surface area (Å²) < 4.78 is 0. The third kappa shape index (κ3) is 2.17. The Labute approximate surface area is 105 Å². The van der Waals surface area contributed by atoms with Crippen LogP contribution in [0.25, 0.3) is 0 Å². The van der Waals surface area contributed by atoms with E-state index in [9.17, 15) is 4.79 Å². The van der Waals surface area contributed by atoms with Crippen LogP contribution in [0, 0.1) is 11.8 Å². The van der Waals surface area contributed by atoms with Crippen LogP contribution in [0.5, 0.6) is 0 Å². The Morgan fingerprint density at radius 2 is 2.06 bits per heavy atom. The first kappa shape index (κ1) is 11.0. The molecule has 5 heteroatoms. The van der Waals surface area contributed by atoms with Crippen LogP contribution in [0.1, 0.15) is 0 Å². The van der Waals surface area contributed by atoms with E-state index in [0.29, 0.717) is 11.8 Å². The molecule has 2 amide bonds. The van der Waals surface area contributed by atoms with Crippen LogP contribution >= 0.6 is 11.3 Å². The lowest BCUT2D eigenvalue weighted by Crippen LogP contribution is -2.35. The summed E-state index contributed by atoms with van der Waals surface area (Å²) in [4.78, 5) is 16.4. The minimum atomic E-state index is 0.0597. The zero-order valence-corrected chi connectivity index (χ0v) is 10.7. The SMILES string of the molecule is CN1CC2CN(C(=O)Nc3cccs3)CC2C1. The Morgan fingerprint density at radius 3 is 2.65 bits per heavy atom. The van der Waals surface area contributed by atoms with Gasteiger partial charge >= 0.3 is 6.03 Å². The first-order chi connectivity index (χ1) is 8.22. The van der Waals surface area contributed by atoms with Crippen LogP contribution in [0.2, 0.25) is 0 Å². The fourth-order valence-corrected chi connectivity index (χ4v) is 3.53. The molecule has 0 aromatic carbocycles. The molecular formula is C12H17N3OS. The van der Waals surface area contributed by atoms with Gasteiger partial charge in [0.2, 0.25) is 0 Å². The molecule has 2 aliphatic rings. The first-order valence-corrected chi connectivity index (χ1v) is 6.88. The highest BCUT2D eigenvalue weighted by molar-refractivity contribution is 7.14. The number of hydrogen-bond donors (Lipinski definition) is 1. The molecule has 0 saturated carbocycles. The molecule has 2 unspecified atom stereocenters. The van der Waals surface area contributed by atoms with E-state index in [-0.39, 0.29) is 6.03 Å². The largest absolute Gasteiger partial charge is 0.324 e. The second kappa shape index (κ2) is 4.31. The summed E-state index contributed by atoms with van der Waals surface area (Å²) in [6.07, 6.45) is 0. The third-order valence-electron chi connectivity index (χ3n) is 3.71. The number of likely N-dealkylation sites (tertiary alicyclic amines) is 2. The number of amides is 2. The molecule has 2 aliphatic heterocycles. The fraction of sp³-hybridized carbons (Fsp3) is 0.583. The number of anilines is 1. The number of carbonyl (C=O) groups is 1. The molecule has 2 saturated heterocycles. The van der Waals surface area contributed by atoms with Crippen LogP contribution < -0.4 is 5.32 Å². The molecule has 3 heterocycles. The number of thiophene rings is 1. The van der Waals surface area contributed by atoms with E-state index < -0.39 is 0 Å². The zero-order chi connectivity index (χ0) is 11.8. The van der Waals surface area contributed by atoms with Crippen LogP contribution in [0.3, 0.4) is 0 Å². The molecule has 1 aromatic heterocycles. The minimum absolute atomic E-state index is 0.0597. The minimum Gasteiger partial charge on any atom is -0.324 e. The highest BCUT2D eigenvalue weighted by atomic mass is 32.1. The normalized spacial score (nSPS) is 28.4. The number of rotatable bonds is 1. The van der Waals surface area contributed by atoms with Crippen molar-refractivity contribution in [2.75, 3.05) is 38.5 Å². The smallest absolute Gasteiger partial charge is 0.322 e. The number of fused-ring (bicyclic) bond motifs is 1. The van der Waals surface area contributed by atoms with E-state index in [1.165, 1.54) is 0 Å². The lowest BCUT2D eigenvalue weighted by Gasteiger charge is -2.19. The van der Waals surface area contributed by atoms with E-state index in [2.05, 4.69) is 17.3 Å². The Bertz CT molecular complexity index is 392. The van der Waals surface area contributed by atoms with E-state index in [0.717, 1.165) is 31.2 Å². The van der Waals surface area contributed by atoms with Crippen molar-refractivity contribution in [2.24, 2.45) is 11.8 Å². The summed E-state index contributed by atoms with van der Waals surface area (Å²) in [6, 6.07) is 3.95. The predicted molar refractivity (Wildman–Crippen MR) is 69.4 cm³/mol. The summed E-state index contributed by atoms with van der Waals surface area (Å²) >= 11 is 1.56. The molecular weight excluding hydrogens is 234 g/mol. The monoisotopic (exact) mass is 251 g/mol. The van der Waals surface area contributed by atoms with Crippen molar-refractivity contribution >= 4 is 22.4 Å². The molecule has 0 spiro atoms. The highest BCUT2D eigenvalue weighted by Gasteiger charge is 2.40. The summed E-state index contributed by atoms with van der Waals surface area (Å²) in [5.74, 6) is 1.35. The molecule has 0 bridgehead atoms. The molecule has 0 aliphatic carbocycles. The molecule has 92 valence electrons. The Hall–Kier alpha value is -1.07. The van der Waals surface area contributed by atoms with Crippen molar-refractivity contribution < 1.29 is 4.79 Å². The Kier molecular flexibility index (Phi) is 2.80. The van der Waals surface area contributed by atoms with Gasteiger partial charge in [0, 0.05) is 26.2 Å². The van der Waals surface area contributed by atoms with Gasteiger partial charge in [0.25, 0.3) is 0 Å². The molecule has 4 nitrogen and oxygen atoms in total. The standard InChI is InChI=1S/C12H17N3OS/c1-14-5-9-7-15(8-10(9)6-14)12(16)13-11-3-2-4-17-11/h2-4,9-10H,5-8H2,1H3,(H,13,16). The average Bonchev–Trinajstić information content (AvgIpc) is 2.92. The Morgan fingerprint density at radius 1 is 1.35 bits per heavy atom. The maximum Gasteiger partial charge on any atom is 0.322 e. The van der Waals surface area contributed by atoms with Crippen LogP contribution in [-0.4, -0.2) is 49.1 Å². The van der Waals surface area contributed by atoms with Crippen LogP contribution in [-0.2, 0) is 0 Å².